The normalized spacial score (nSPS) is 19.0. The van der Waals surface area contributed by atoms with Crippen molar-refractivity contribution in [2.75, 3.05) is 30.6 Å². The first-order valence-corrected chi connectivity index (χ1v) is 14.7. The van der Waals surface area contributed by atoms with Crippen LogP contribution in [0.2, 0.25) is 0 Å². The Balaban J connectivity index is 1.33. The summed E-state index contributed by atoms with van der Waals surface area (Å²) < 4.78 is 16.4. The van der Waals surface area contributed by atoms with E-state index in [1.54, 1.807) is 11.8 Å². The number of nitrogens with two attached hydrogens (primary N) is 2. The standard InChI is InChI=1S/C23H23FN8O5S3/c24-11-37-29-16(14-10-40-23(26)27-14)19(33)28-17-20(34)32-18(22(35)36)12(9-39-21(17)32)7-30-4-5-31-13(8-30)1-2-15(31)38-6-3-25/h1-2,4-5,8,10,17,21H,3,6-7,9,11,25H2,(H3-,26,27,28,33,35,36)/p+1/b29-16-/t17-,21+/m1/s1. The van der Waals surface area contributed by atoms with Crippen molar-refractivity contribution in [3.63, 3.8) is 0 Å². The molecule has 3 aromatic heterocycles. The Morgan fingerprint density at radius 2 is 2.23 bits per heavy atom. The molecule has 0 spiro atoms. The molecule has 0 bridgehead atoms. The van der Waals surface area contributed by atoms with Gasteiger partial charge in [0.15, 0.2) is 29.8 Å². The van der Waals surface area contributed by atoms with Crippen molar-refractivity contribution >= 4 is 69.0 Å². The van der Waals surface area contributed by atoms with Crippen molar-refractivity contribution in [3.05, 3.63) is 53.1 Å². The van der Waals surface area contributed by atoms with Gasteiger partial charge in [-0.1, -0.05) is 5.16 Å². The summed E-state index contributed by atoms with van der Waals surface area (Å²) in [5.74, 6) is -1.53. The topological polar surface area (TPSA) is 182 Å². The van der Waals surface area contributed by atoms with Crippen LogP contribution < -0.4 is 21.4 Å². The van der Waals surface area contributed by atoms with Crippen LogP contribution >= 0.6 is 34.9 Å². The molecule has 3 aromatic rings. The van der Waals surface area contributed by atoms with Crippen LogP contribution in [0.4, 0.5) is 9.52 Å². The summed E-state index contributed by atoms with van der Waals surface area (Å²) in [4.78, 5) is 47.9. The number of nitrogen functional groups attached to an aromatic ring is 1. The van der Waals surface area contributed by atoms with Crippen molar-refractivity contribution < 1.29 is 33.3 Å². The van der Waals surface area contributed by atoms with Gasteiger partial charge in [-0.15, -0.1) is 34.9 Å². The number of hydrogen-bond donors (Lipinski definition) is 4. The summed E-state index contributed by atoms with van der Waals surface area (Å²) in [5, 5.41) is 18.1. The van der Waals surface area contributed by atoms with Crippen molar-refractivity contribution in [3.8, 4) is 0 Å². The third-order valence-electron chi connectivity index (χ3n) is 6.08. The first kappa shape index (κ1) is 27.9. The van der Waals surface area contributed by atoms with Gasteiger partial charge in [0.2, 0.25) is 0 Å². The smallest absolute Gasteiger partial charge is 0.352 e. The number of alkyl halides is 1. The number of carbonyl (C=O) groups is 3. The van der Waals surface area contributed by atoms with Gasteiger partial charge < -0.3 is 31.1 Å². The molecule has 2 aliphatic heterocycles. The van der Waals surface area contributed by atoms with E-state index in [2.05, 4.69) is 20.3 Å². The van der Waals surface area contributed by atoms with E-state index in [0.717, 1.165) is 27.6 Å². The number of β-lactam (4-membered cyclic amide) rings is 1. The number of carbonyl (C=O) groups excluding carboxylic acids is 2. The molecular weight excluding hydrogens is 584 g/mol. The van der Waals surface area contributed by atoms with E-state index in [9.17, 15) is 23.9 Å². The number of anilines is 1. The Bertz CT molecular complexity index is 1540. The summed E-state index contributed by atoms with van der Waals surface area (Å²) in [5.41, 5.74) is 12.3. The van der Waals surface area contributed by atoms with Crippen molar-refractivity contribution in [1.29, 1.82) is 0 Å². The second kappa shape index (κ2) is 11.8. The van der Waals surface area contributed by atoms with Crippen LogP contribution in [0.25, 0.3) is 5.52 Å². The quantitative estimate of drug-likeness (QED) is 0.0783. The zero-order valence-corrected chi connectivity index (χ0v) is 23.2. The average molecular weight is 608 g/mol. The molecule has 0 radical (unpaired) electrons. The Labute approximate surface area is 239 Å². The van der Waals surface area contributed by atoms with E-state index >= 15 is 0 Å². The fourth-order valence-corrected chi connectivity index (χ4v) is 7.06. The molecule has 0 aliphatic carbocycles. The van der Waals surface area contributed by atoms with Gasteiger partial charge >= 0.3 is 5.97 Å². The first-order chi connectivity index (χ1) is 19.3. The highest BCUT2D eigenvalue weighted by Crippen LogP contribution is 2.40. The third kappa shape index (κ3) is 5.36. The number of thiazole rings is 1. The van der Waals surface area contributed by atoms with Gasteiger partial charge in [0.25, 0.3) is 18.7 Å². The Morgan fingerprint density at radius 3 is 2.92 bits per heavy atom. The van der Waals surface area contributed by atoms with E-state index in [1.165, 1.54) is 22.0 Å². The first-order valence-electron chi connectivity index (χ1n) is 11.8. The molecule has 0 saturated carbocycles. The lowest BCUT2D eigenvalue weighted by Gasteiger charge is -2.49. The molecule has 13 nitrogen and oxygen atoms in total. The third-order valence-corrected chi connectivity index (χ3v) is 9.16. The van der Waals surface area contributed by atoms with Crippen molar-refractivity contribution in [2.45, 2.75) is 23.0 Å². The summed E-state index contributed by atoms with van der Waals surface area (Å²) in [7, 11) is 0. The Morgan fingerprint density at radius 1 is 1.40 bits per heavy atom. The summed E-state index contributed by atoms with van der Waals surface area (Å²) in [6, 6.07) is 2.95. The molecule has 2 atom stereocenters. The fourth-order valence-electron chi connectivity index (χ4n) is 4.38. The number of carboxylic acids is 1. The molecule has 5 heterocycles. The number of halogens is 1. The molecule has 210 valence electrons. The predicted molar refractivity (Wildman–Crippen MR) is 147 cm³/mol. The maximum absolute atomic E-state index is 13.1. The lowest BCUT2D eigenvalue weighted by atomic mass is 10.0. The largest absolute Gasteiger partial charge is 0.477 e. The van der Waals surface area contributed by atoms with E-state index in [4.69, 9.17) is 11.5 Å². The average Bonchev–Trinajstić information content (AvgIpc) is 3.55. The number of nitrogens with zero attached hydrogens (tertiary/aromatic N) is 5. The number of aliphatic carboxylic acids is 1. The molecule has 1 saturated heterocycles. The number of aromatic nitrogens is 3. The van der Waals surface area contributed by atoms with Crippen LogP contribution in [0.5, 0.6) is 0 Å². The van der Waals surface area contributed by atoms with Gasteiger partial charge in [0.05, 0.1) is 11.2 Å². The molecule has 0 aromatic carbocycles. The van der Waals surface area contributed by atoms with Gasteiger partial charge in [-0.2, -0.15) is 4.57 Å². The van der Waals surface area contributed by atoms with Gasteiger partial charge in [-0.25, -0.2) is 14.2 Å². The van der Waals surface area contributed by atoms with Crippen LogP contribution in [0.3, 0.4) is 0 Å². The minimum absolute atomic E-state index is 0.0591. The predicted octanol–water partition coefficient (Wildman–Crippen LogP) is 0.403. The van der Waals surface area contributed by atoms with E-state index in [0.29, 0.717) is 17.9 Å². The number of fused-ring (bicyclic) bond motifs is 2. The van der Waals surface area contributed by atoms with Crippen molar-refractivity contribution in [1.82, 2.24) is 19.6 Å². The van der Waals surface area contributed by atoms with E-state index in [-0.39, 0.29) is 28.8 Å². The Kier molecular flexibility index (Phi) is 8.24. The maximum atomic E-state index is 13.1. The number of oxime groups is 1. The molecule has 0 unspecified atom stereocenters. The SMILES string of the molecule is NCCSc1ccc2c[n+](CC3=C(C(=O)O)N4C(=O)[C@@H](NC(=O)/C(=N\OCF)c5csc(N)n5)[C@@H]4SC3)ccn12. The molecule has 17 heteroatoms. The number of thioether (sulfide) groups is 2. The van der Waals surface area contributed by atoms with Gasteiger partial charge in [0, 0.05) is 29.0 Å². The summed E-state index contributed by atoms with van der Waals surface area (Å²) >= 11 is 4.02. The highest BCUT2D eigenvalue weighted by atomic mass is 32.2. The highest BCUT2D eigenvalue weighted by molar-refractivity contribution is 8.00. The Hall–Kier alpha value is -3.67. The summed E-state index contributed by atoms with van der Waals surface area (Å²) in [6.45, 7) is -0.444. The van der Waals surface area contributed by atoms with Crippen LogP contribution in [0.1, 0.15) is 5.69 Å². The monoisotopic (exact) mass is 607 g/mol. The van der Waals surface area contributed by atoms with Crippen LogP contribution in [0.15, 0.2) is 57.6 Å². The second-order valence-electron chi connectivity index (χ2n) is 8.57. The summed E-state index contributed by atoms with van der Waals surface area (Å²) in [6.07, 6.45) is 5.65. The molecule has 1 fully saturated rings. The van der Waals surface area contributed by atoms with Gasteiger partial charge in [-0.05, 0) is 12.1 Å². The molecular formula is C23H24FN8O5S3+. The zero-order chi connectivity index (χ0) is 28.4. The minimum Gasteiger partial charge on any atom is -0.477 e. The molecule has 2 amide bonds. The van der Waals surface area contributed by atoms with Crippen LogP contribution in [-0.2, 0) is 25.8 Å². The minimum atomic E-state index is -1.27. The zero-order valence-electron chi connectivity index (χ0n) is 20.7. The number of carboxylic acid groups (broad SMARTS) is 1. The number of nitrogens with one attached hydrogen (secondary N) is 1. The van der Waals surface area contributed by atoms with E-state index in [1.807, 2.05) is 39.7 Å². The highest BCUT2D eigenvalue weighted by Gasteiger charge is 2.54. The lowest BCUT2D eigenvalue weighted by molar-refractivity contribution is -0.688. The molecule has 2 aliphatic rings. The molecule has 5 rings (SSSR count). The fraction of sp³-hybridized carbons (Fsp3) is 0.304. The van der Waals surface area contributed by atoms with Crippen molar-refractivity contribution in [2.24, 2.45) is 10.9 Å². The number of amides is 2. The lowest BCUT2D eigenvalue weighted by Crippen LogP contribution is -2.71. The number of rotatable bonds is 11. The maximum Gasteiger partial charge on any atom is 0.352 e. The molecule has 40 heavy (non-hydrogen) atoms. The van der Waals surface area contributed by atoms with Gasteiger partial charge in [0.1, 0.15) is 28.3 Å². The van der Waals surface area contributed by atoms with E-state index < -0.39 is 36.1 Å². The van der Waals surface area contributed by atoms with Gasteiger partial charge in [-0.3, -0.25) is 14.5 Å². The van der Waals surface area contributed by atoms with Crippen LogP contribution in [0, 0.1) is 0 Å². The number of hydrogen-bond acceptors (Lipinski definition) is 11. The van der Waals surface area contributed by atoms with Crippen LogP contribution in [-0.4, -0.2) is 79.2 Å². The second-order valence-corrected chi connectivity index (χ2v) is 11.7. The molecule has 6 N–H and O–H groups in total.